The summed E-state index contributed by atoms with van der Waals surface area (Å²) in [4.78, 5) is 15.1. The van der Waals surface area contributed by atoms with E-state index in [1.54, 1.807) is 6.08 Å². The van der Waals surface area contributed by atoms with Crippen LogP contribution in [0.2, 0.25) is 0 Å². The van der Waals surface area contributed by atoms with Crippen LogP contribution in [0.4, 0.5) is 5.69 Å². The fraction of sp³-hybridized carbons (Fsp3) is 0.417. The van der Waals surface area contributed by atoms with Gasteiger partial charge in [0.15, 0.2) is 0 Å². The molecular formula is C24H25N3O3. The second-order valence-corrected chi connectivity index (χ2v) is 8.16. The smallest absolute Gasteiger partial charge is 0.256 e. The number of nitrogens with zero attached hydrogens (tertiary/aromatic N) is 2. The van der Waals surface area contributed by atoms with Gasteiger partial charge in [0.2, 0.25) is 0 Å². The molecule has 0 saturated carbocycles. The number of anilines is 1. The average molecular weight is 403 g/mol. The molecule has 0 atom stereocenters. The molecule has 6 heteroatoms. The second-order valence-electron chi connectivity index (χ2n) is 8.16. The van der Waals surface area contributed by atoms with Crippen molar-refractivity contribution in [2.24, 2.45) is 0 Å². The van der Waals surface area contributed by atoms with E-state index in [2.05, 4.69) is 28.4 Å². The van der Waals surface area contributed by atoms with Crippen LogP contribution in [0.5, 0.6) is 0 Å². The Morgan fingerprint density at radius 1 is 1.20 bits per heavy atom. The molecule has 6 nitrogen and oxygen atoms in total. The van der Waals surface area contributed by atoms with Crippen molar-refractivity contribution in [1.29, 1.82) is 5.26 Å². The summed E-state index contributed by atoms with van der Waals surface area (Å²) < 4.78 is 11.4. The van der Waals surface area contributed by atoms with Crippen molar-refractivity contribution in [3.63, 3.8) is 0 Å². The van der Waals surface area contributed by atoms with Gasteiger partial charge in [-0.05, 0) is 49.5 Å². The Morgan fingerprint density at radius 2 is 2.03 bits per heavy atom. The molecule has 0 bridgehead atoms. The lowest BCUT2D eigenvalue weighted by Crippen LogP contribution is -2.37. The van der Waals surface area contributed by atoms with E-state index in [0.717, 1.165) is 87.5 Å². The van der Waals surface area contributed by atoms with Crippen molar-refractivity contribution in [3.8, 4) is 6.07 Å². The zero-order valence-electron chi connectivity index (χ0n) is 17.0. The van der Waals surface area contributed by atoms with Gasteiger partial charge in [-0.15, -0.1) is 0 Å². The first-order chi connectivity index (χ1) is 14.7. The normalized spacial score (nSPS) is 20.0. The number of carbonyl (C=O) groups is 1. The Bertz CT molecular complexity index is 1050. The maximum atomic E-state index is 12.7. The summed E-state index contributed by atoms with van der Waals surface area (Å²) in [6.07, 6.45) is 6.57. The van der Waals surface area contributed by atoms with Crippen molar-refractivity contribution in [2.45, 2.75) is 32.1 Å². The summed E-state index contributed by atoms with van der Waals surface area (Å²) >= 11 is 0. The van der Waals surface area contributed by atoms with Gasteiger partial charge in [0.25, 0.3) is 5.91 Å². The molecule has 1 aliphatic carbocycles. The topological polar surface area (TPSA) is 78.5 Å². The Morgan fingerprint density at radius 3 is 2.87 bits per heavy atom. The van der Waals surface area contributed by atoms with E-state index in [9.17, 15) is 10.1 Å². The van der Waals surface area contributed by atoms with Crippen molar-refractivity contribution in [2.75, 3.05) is 38.2 Å². The molecule has 3 aliphatic rings. The number of hydrogen-bond acceptors (Lipinski definition) is 5. The number of ether oxygens (including phenoxy) is 1. The number of furan rings is 1. The molecule has 5 rings (SSSR count). The van der Waals surface area contributed by atoms with Crippen LogP contribution in [0.25, 0.3) is 11.6 Å². The third-order valence-corrected chi connectivity index (χ3v) is 6.27. The second kappa shape index (κ2) is 8.10. The summed E-state index contributed by atoms with van der Waals surface area (Å²) in [5.74, 6) is 1.28. The Kier molecular flexibility index (Phi) is 5.16. The number of morpholine rings is 1. The summed E-state index contributed by atoms with van der Waals surface area (Å²) in [6.45, 7) is 4.51. The molecule has 2 aromatic rings. The van der Waals surface area contributed by atoms with Crippen LogP contribution >= 0.6 is 0 Å². The van der Waals surface area contributed by atoms with Gasteiger partial charge in [0.05, 0.1) is 18.8 Å². The number of benzene rings is 1. The standard InChI is InChI=1S/C24H25N3O3/c25-15-20-17-3-1-2-4-22(17)30-23(20)14-19-18-13-16(5-6-21(18)26-24(19)28)7-8-27-9-11-29-12-10-27/h5-6,13-14H,1-4,7-12H2,(H,26,28). The molecule has 1 saturated heterocycles. The highest BCUT2D eigenvalue weighted by molar-refractivity contribution is 6.34. The first kappa shape index (κ1) is 19.1. The van der Waals surface area contributed by atoms with Gasteiger partial charge in [0.1, 0.15) is 23.2 Å². The molecule has 2 aliphatic heterocycles. The van der Waals surface area contributed by atoms with Gasteiger partial charge in [-0.25, -0.2) is 0 Å². The summed E-state index contributed by atoms with van der Waals surface area (Å²) in [6, 6.07) is 8.44. The number of carbonyl (C=O) groups excluding carboxylic acids is 1. The predicted octanol–water partition coefficient (Wildman–Crippen LogP) is 3.40. The van der Waals surface area contributed by atoms with Gasteiger partial charge >= 0.3 is 0 Å². The minimum atomic E-state index is -0.145. The summed E-state index contributed by atoms with van der Waals surface area (Å²) in [5.41, 5.74) is 5.08. The maximum Gasteiger partial charge on any atom is 0.256 e. The highest BCUT2D eigenvalue weighted by atomic mass is 16.5. The third kappa shape index (κ3) is 3.55. The fourth-order valence-electron chi connectivity index (χ4n) is 4.59. The molecule has 0 radical (unpaired) electrons. The SMILES string of the molecule is N#Cc1c(C=C2C(=O)Nc3ccc(CCN4CCOCC4)cc32)oc2c1CCCC2. The van der Waals surface area contributed by atoms with Gasteiger partial charge < -0.3 is 14.5 Å². The summed E-state index contributed by atoms with van der Waals surface area (Å²) in [7, 11) is 0. The molecule has 3 heterocycles. The molecule has 154 valence electrons. The lowest BCUT2D eigenvalue weighted by molar-refractivity contribution is -0.110. The largest absolute Gasteiger partial charge is 0.460 e. The number of nitrogens with one attached hydrogen (secondary N) is 1. The first-order valence-electron chi connectivity index (χ1n) is 10.7. The lowest BCUT2D eigenvalue weighted by Gasteiger charge is -2.26. The van der Waals surface area contributed by atoms with E-state index in [1.165, 1.54) is 5.56 Å². The third-order valence-electron chi connectivity index (χ3n) is 6.27. The Hall–Kier alpha value is -2.88. The number of rotatable bonds is 4. The number of amides is 1. The Labute approximate surface area is 176 Å². The number of nitriles is 1. The molecule has 1 amide bonds. The molecule has 0 unspecified atom stereocenters. The molecule has 1 N–H and O–H groups in total. The average Bonchev–Trinajstić information content (AvgIpc) is 3.29. The number of hydrogen-bond donors (Lipinski definition) is 1. The predicted molar refractivity (Wildman–Crippen MR) is 114 cm³/mol. The molecular weight excluding hydrogens is 378 g/mol. The fourth-order valence-corrected chi connectivity index (χ4v) is 4.59. The van der Waals surface area contributed by atoms with Crippen LogP contribution in [0.1, 0.15) is 46.6 Å². The minimum absolute atomic E-state index is 0.145. The van der Waals surface area contributed by atoms with Crippen LogP contribution in [0.3, 0.4) is 0 Å². The van der Waals surface area contributed by atoms with Crippen molar-refractivity contribution >= 4 is 23.2 Å². The summed E-state index contributed by atoms with van der Waals surface area (Å²) in [5, 5.41) is 12.6. The number of fused-ring (bicyclic) bond motifs is 2. The zero-order chi connectivity index (χ0) is 20.5. The minimum Gasteiger partial charge on any atom is -0.460 e. The molecule has 30 heavy (non-hydrogen) atoms. The van der Waals surface area contributed by atoms with Crippen molar-refractivity contribution in [3.05, 3.63) is 52.0 Å². The maximum absolute atomic E-state index is 12.7. The van der Waals surface area contributed by atoms with Gasteiger partial charge in [-0.2, -0.15) is 5.26 Å². The van der Waals surface area contributed by atoms with Gasteiger partial charge in [-0.1, -0.05) is 6.07 Å². The van der Waals surface area contributed by atoms with Crippen molar-refractivity contribution < 1.29 is 13.9 Å². The Balaban J connectivity index is 1.43. The molecule has 1 aromatic carbocycles. The van der Waals surface area contributed by atoms with E-state index in [4.69, 9.17) is 9.15 Å². The molecule has 0 spiro atoms. The molecule has 1 aromatic heterocycles. The monoisotopic (exact) mass is 403 g/mol. The van der Waals surface area contributed by atoms with E-state index in [1.807, 2.05) is 6.07 Å². The van der Waals surface area contributed by atoms with E-state index in [-0.39, 0.29) is 5.91 Å². The van der Waals surface area contributed by atoms with E-state index >= 15 is 0 Å². The van der Waals surface area contributed by atoms with Crippen LogP contribution in [0, 0.1) is 11.3 Å². The first-order valence-corrected chi connectivity index (χ1v) is 10.7. The van der Waals surface area contributed by atoms with Crippen LogP contribution in [-0.2, 0) is 28.8 Å². The quantitative estimate of drug-likeness (QED) is 0.792. The van der Waals surface area contributed by atoms with Gasteiger partial charge in [0, 0.05) is 42.9 Å². The lowest BCUT2D eigenvalue weighted by atomic mass is 9.94. The van der Waals surface area contributed by atoms with Crippen molar-refractivity contribution in [1.82, 2.24) is 4.90 Å². The van der Waals surface area contributed by atoms with E-state index in [0.29, 0.717) is 16.9 Å². The highest BCUT2D eigenvalue weighted by Gasteiger charge is 2.27. The zero-order valence-corrected chi connectivity index (χ0v) is 17.0. The van der Waals surface area contributed by atoms with Gasteiger partial charge in [-0.3, -0.25) is 9.69 Å². The molecule has 1 fully saturated rings. The highest BCUT2D eigenvalue weighted by Crippen LogP contribution is 2.37. The number of aryl methyl sites for hydroxylation is 1. The van der Waals surface area contributed by atoms with Crippen LogP contribution in [-0.4, -0.2) is 43.7 Å². The van der Waals surface area contributed by atoms with E-state index < -0.39 is 0 Å². The van der Waals surface area contributed by atoms with Crippen LogP contribution in [0.15, 0.2) is 22.6 Å². The van der Waals surface area contributed by atoms with Crippen LogP contribution < -0.4 is 5.32 Å².